The van der Waals surface area contributed by atoms with Gasteiger partial charge in [-0.2, -0.15) is 0 Å². The number of para-hydroxylation sites is 1. The van der Waals surface area contributed by atoms with E-state index in [2.05, 4.69) is 71.7 Å². The van der Waals surface area contributed by atoms with Gasteiger partial charge in [0.1, 0.15) is 0 Å². The van der Waals surface area contributed by atoms with Crippen LogP contribution in [-0.2, 0) is 9.84 Å². The lowest BCUT2D eigenvalue weighted by Gasteiger charge is -2.17. The van der Waals surface area contributed by atoms with E-state index in [9.17, 15) is 8.42 Å². The van der Waals surface area contributed by atoms with Crippen LogP contribution in [0.1, 0.15) is 0 Å². The van der Waals surface area contributed by atoms with Gasteiger partial charge in [0.15, 0.2) is 0 Å². The number of fused-ring (bicyclic) bond motifs is 5. The van der Waals surface area contributed by atoms with E-state index in [4.69, 9.17) is 4.98 Å². The second-order valence-electron chi connectivity index (χ2n) is 11.0. The minimum Gasteiger partial charge on any atom is -0.264 e. The lowest BCUT2D eigenvalue weighted by Crippen LogP contribution is -2.02. The monoisotopic (exact) mass is 598 g/mol. The second-order valence-corrected chi connectivity index (χ2v) is 13.0. The molecule has 6 aromatic carbocycles. The molecule has 0 saturated carbocycles. The fraction of sp³-hybridized carbons (Fsp3) is 0. The normalized spacial score (nSPS) is 11.7. The average molecular weight is 599 g/mol. The number of benzene rings is 6. The van der Waals surface area contributed by atoms with Gasteiger partial charge >= 0.3 is 0 Å². The summed E-state index contributed by atoms with van der Waals surface area (Å²) in [6.45, 7) is 0. The summed E-state index contributed by atoms with van der Waals surface area (Å²) in [7, 11) is -3.71. The van der Waals surface area contributed by atoms with Crippen LogP contribution in [0.5, 0.6) is 0 Å². The number of sulfone groups is 1. The molecule has 0 atom stereocenters. The Labute approximate surface area is 261 Å². The Morgan fingerprint density at radius 3 is 1.91 bits per heavy atom. The molecule has 0 unspecified atom stereocenters. The lowest BCUT2D eigenvalue weighted by atomic mass is 9.89. The Morgan fingerprint density at radius 2 is 1.13 bits per heavy atom. The van der Waals surface area contributed by atoms with E-state index in [1.54, 1.807) is 48.7 Å². The maximum atomic E-state index is 13.6. The maximum absolute atomic E-state index is 13.6. The van der Waals surface area contributed by atoms with Crippen LogP contribution >= 0.6 is 0 Å². The lowest BCUT2D eigenvalue weighted by molar-refractivity contribution is 0.596. The average Bonchev–Trinajstić information content (AvgIpc) is 3.11. The van der Waals surface area contributed by atoms with Crippen molar-refractivity contribution >= 4 is 42.3 Å². The van der Waals surface area contributed by atoms with E-state index >= 15 is 0 Å². The molecular weight excluding hydrogens is 573 g/mol. The van der Waals surface area contributed by atoms with Crippen LogP contribution in [0.4, 0.5) is 0 Å². The molecule has 0 bridgehead atoms. The SMILES string of the molecule is O=S(=O)(c1ccccc1)c1cccc(-c2nc3ccccc3c3c2cc(-c2ccc(-c4cccnc4)cc2)c2ccccc23)c1. The highest BCUT2D eigenvalue weighted by molar-refractivity contribution is 7.91. The van der Waals surface area contributed by atoms with E-state index in [0.717, 1.165) is 66.0 Å². The second kappa shape index (κ2) is 10.8. The highest BCUT2D eigenvalue weighted by atomic mass is 32.2. The molecule has 8 aromatic rings. The van der Waals surface area contributed by atoms with Crippen molar-refractivity contribution in [3.8, 4) is 33.5 Å². The third-order valence-electron chi connectivity index (χ3n) is 8.37. The molecule has 0 aliphatic carbocycles. The summed E-state index contributed by atoms with van der Waals surface area (Å²) in [6.07, 6.45) is 3.65. The van der Waals surface area contributed by atoms with Gasteiger partial charge in [0.05, 0.1) is 21.0 Å². The van der Waals surface area contributed by atoms with E-state index < -0.39 is 9.84 Å². The van der Waals surface area contributed by atoms with Gasteiger partial charge in [-0.15, -0.1) is 0 Å². The summed E-state index contributed by atoms with van der Waals surface area (Å²) in [5.74, 6) is 0. The number of nitrogens with zero attached hydrogens (tertiary/aromatic N) is 2. The Balaban J connectivity index is 1.39. The van der Waals surface area contributed by atoms with Crippen LogP contribution in [0.25, 0.3) is 66.0 Å². The van der Waals surface area contributed by atoms with Crippen molar-refractivity contribution in [1.82, 2.24) is 9.97 Å². The minimum absolute atomic E-state index is 0.237. The molecule has 0 aliphatic rings. The number of hydrogen-bond donors (Lipinski definition) is 0. The summed E-state index contributed by atoms with van der Waals surface area (Å²) in [5, 5.41) is 5.38. The molecular formula is C40H26N2O2S. The van der Waals surface area contributed by atoms with Crippen molar-refractivity contribution in [3.05, 3.63) is 158 Å². The van der Waals surface area contributed by atoms with Crippen molar-refractivity contribution in [2.24, 2.45) is 0 Å². The van der Waals surface area contributed by atoms with Gasteiger partial charge in [-0.3, -0.25) is 4.98 Å². The zero-order valence-corrected chi connectivity index (χ0v) is 24.9. The zero-order valence-electron chi connectivity index (χ0n) is 24.1. The minimum atomic E-state index is -3.71. The van der Waals surface area contributed by atoms with Crippen molar-refractivity contribution in [1.29, 1.82) is 0 Å². The summed E-state index contributed by atoms with van der Waals surface area (Å²) in [5.41, 5.74) is 6.68. The van der Waals surface area contributed by atoms with Gasteiger partial charge in [0, 0.05) is 34.1 Å². The molecule has 0 spiro atoms. The summed E-state index contributed by atoms with van der Waals surface area (Å²) in [6, 6.07) is 47.1. The smallest absolute Gasteiger partial charge is 0.206 e. The number of aromatic nitrogens is 2. The van der Waals surface area contributed by atoms with Crippen LogP contribution in [0.15, 0.2) is 168 Å². The third-order valence-corrected chi connectivity index (χ3v) is 10.1. The van der Waals surface area contributed by atoms with Crippen LogP contribution in [0, 0.1) is 0 Å². The fourth-order valence-electron chi connectivity index (χ4n) is 6.20. The molecule has 0 saturated heterocycles. The van der Waals surface area contributed by atoms with Crippen LogP contribution in [0.2, 0.25) is 0 Å². The predicted octanol–water partition coefficient (Wildman–Crippen LogP) is 9.77. The Bertz CT molecular complexity index is 2480. The van der Waals surface area contributed by atoms with Crippen LogP contribution in [0.3, 0.4) is 0 Å². The molecule has 0 N–H and O–H groups in total. The predicted molar refractivity (Wildman–Crippen MR) is 183 cm³/mol. The van der Waals surface area contributed by atoms with Crippen molar-refractivity contribution in [2.45, 2.75) is 9.79 Å². The molecule has 0 radical (unpaired) electrons. The van der Waals surface area contributed by atoms with Gasteiger partial charge in [-0.25, -0.2) is 13.4 Å². The largest absolute Gasteiger partial charge is 0.264 e. The standard InChI is InChI=1S/C40H26N2O2S/c43-45(44,31-12-2-1-3-13-31)32-14-8-10-29(24-32)40-37-25-36(28-21-19-27(20-22-28)30-11-9-23-41-26-30)33-15-4-5-16-34(33)39(37)35-17-6-7-18-38(35)42-40/h1-26H. The molecule has 214 valence electrons. The molecule has 5 heteroatoms. The zero-order chi connectivity index (χ0) is 30.4. The van der Waals surface area contributed by atoms with Crippen LogP contribution < -0.4 is 0 Å². The number of rotatable bonds is 5. The quantitative estimate of drug-likeness (QED) is 0.185. The Kier molecular flexibility index (Phi) is 6.47. The van der Waals surface area contributed by atoms with Gasteiger partial charge < -0.3 is 0 Å². The van der Waals surface area contributed by atoms with Crippen LogP contribution in [-0.4, -0.2) is 18.4 Å². The summed E-state index contributed by atoms with van der Waals surface area (Å²) >= 11 is 0. The molecule has 2 aromatic heterocycles. The topological polar surface area (TPSA) is 59.9 Å². The third kappa shape index (κ3) is 4.65. The van der Waals surface area contributed by atoms with Crippen molar-refractivity contribution in [3.63, 3.8) is 0 Å². The molecule has 0 amide bonds. The first kappa shape index (κ1) is 26.9. The van der Waals surface area contributed by atoms with Crippen molar-refractivity contribution < 1.29 is 8.42 Å². The van der Waals surface area contributed by atoms with E-state index in [0.29, 0.717) is 0 Å². The summed E-state index contributed by atoms with van der Waals surface area (Å²) < 4.78 is 27.2. The summed E-state index contributed by atoms with van der Waals surface area (Å²) in [4.78, 5) is 9.94. The first-order chi connectivity index (χ1) is 22.1. The Morgan fingerprint density at radius 1 is 0.467 bits per heavy atom. The molecule has 45 heavy (non-hydrogen) atoms. The van der Waals surface area contributed by atoms with E-state index in [-0.39, 0.29) is 9.79 Å². The van der Waals surface area contributed by atoms with Crippen molar-refractivity contribution in [2.75, 3.05) is 0 Å². The first-order valence-corrected chi connectivity index (χ1v) is 16.2. The highest BCUT2D eigenvalue weighted by Crippen LogP contribution is 2.42. The van der Waals surface area contributed by atoms with E-state index in [1.807, 2.05) is 42.6 Å². The highest BCUT2D eigenvalue weighted by Gasteiger charge is 2.20. The molecule has 0 aliphatic heterocycles. The molecule has 8 rings (SSSR count). The first-order valence-electron chi connectivity index (χ1n) is 14.7. The maximum Gasteiger partial charge on any atom is 0.206 e. The Hall–Kier alpha value is -5.65. The van der Waals surface area contributed by atoms with Gasteiger partial charge in [-0.1, -0.05) is 103 Å². The number of hydrogen-bond acceptors (Lipinski definition) is 4. The fourth-order valence-corrected chi connectivity index (χ4v) is 7.52. The van der Waals surface area contributed by atoms with Gasteiger partial charge in [0.25, 0.3) is 0 Å². The van der Waals surface area contributed by atoms with Gasteiger partial charge in [0.2, 0.25) is 9.84 Å². The number of pyridine rings is 2. The van der Waals surface area contributed by atoms with Gasteiger partial charge in [-0.05, 0) is 75.5 Å². The molecule has 2 heterocycles. The molecule has 4 nitrogen and oxygen atoms in total. The van der Waals surface area contributed by atoms with E-state index in [1.165, 1.54) is 0 Å². The molecule has 0 fully saturated rings.